The molecule has 0 aromatic rings. The second-order valence-corrected chi connectivity index (χ2v) is 4.65. The Hall–Kier alpha value is -1.36. The first-order chi connectivity index (χ1) is 7.80. The molecule has 1 aliphatic rings. The van der Waals surface area contributed by atoms with Crippen molar-refractivity contribution >= 4 is 11.7 Å². The van der Waals surface area contributed by atoms with Gasteiger partial charge in [-0.15, -0.1) is 0 Å². The number of oxime groups is 1. The van der Waals surface area contributed by atoms with Crippen LogP contribution in [0.1, 0.15) is 34.1 Å². The molecule has 0 saturated heterocycles. The monoisotopic (exact) mass is 241 g/mol. The van der Waals surface area contributed by atoms with Crippen LogP contribution in [0.15, 0.2) is 16.8 Å². The summed E-state index contributed by atoms with van der Waals surface area (Å²) in [6.07, 6.45) is 2.17. The Morgan fingerprint density at radius 2 is 2.29 bits per heavy atom. The quantitative estimate of drug-likeness (QED) is 0.597. The molecule has 0 amide bonds. The van der Waals surface area contributed by atoms with Crippen LogP contribution in [0.2, 0.25) is 0 Å². The van der Waals surface area contributed by atoms with Gasteiger partial charge < -0.3 is 14.7 Å². The Morgan fingerprint density at radius 3 is 2.76 bits per heavy atom. The van der Waals surface area contributed by atoms with Crippen molar-refractivity contribution in [1.29, 1.82) is 0 Å². The summed E-state index contributed by atoms with van der Waals surface area (Å²) in [6, 6.07) is 0. The molecule has 5 nitrogen and oxygen atoms in total. The Balaban J connectivity index is 2.48. The number of rotatable bonds is 4. The zero-order chi connectivity index (χ0) is 13.1. The highest BCUT2D eigenvalue weighted by atomic mass is 16.6. The van der Waals surface area contributed by atoms with Gasteiger partial charge in [-0.1, -0.05) is 5.16 Å². The summed E-state index contributed by atoms with van der Waals surface area (Å²) in [6.45, 7) is 6.84. The fourth-order valence-corrected chi connectivity index (χ4v) is 1.40. The van der Waals surface area contributed by atoms with Crippen molar-refractivity contribution in [2.75, 3.05) is 6.61 Å². The molecule has 1 rings (SSSR count). The topological polar surface area (TPSA) is 68.1 Å². The van der Waals surface area contributed by atoms with E-state index < -0.39 is 5.60 Å². The van der Waals surface area contributed by atoms with Gasteiger partial charge in [0.05, 0.1) is 5.71 Å². The molecule has 96 valence electrons. The van der Waals surface area contributed by atoms with Crippen LogP contribution in [-0.2, 0) is 14.4 Å². The lowest BCUT2D eigenvalue weighted by atomic mass is 9.96. The van der Waals surface area contributed by atoms with E-state index in [1.165, 1.54) is 6.92 Å². The van der Waals surface area contributed by atoms with Gasteiger partial charge in [-0.2, -0.15) is 0 Å². The van der Waals surface area contributed by atoms with Crippen LogP contribution >= 0.6 is 0 Å². The number of hydrogen-bond donors (Lipinski definition) is 1. The van der Waals surface area contributed by atoms with E-state index in [0.717, 1.165) is 5.57 Å². The smallest absolute Gasteiger partial charge is 0.302 e. The van der Waals surface area contributed by atoms with E-state index in [1.807, 2.05) is 6.92 Å². The van der Waals surface area contributed by atoms with E-state index >= 15 is 0 Å². The summed E-state index contributed by atoms with van der Waals surface area (Å²) in [5, 5.41) is 13.6. The third-order valence-electron chi connectivity index (χ3n) is 2.57. The predicted octanol–water partition coefficient (Wildman–Crippen LogP) is 1.41. The molecule has 1 aliphatic heterocycles. The van der Waals surface area contributed by atoms with E-state index in [4.69, 9.17) is 9.57 Å². The predicted molar refractivity (Wildman–Crippen MR) is 63.6 cm³/mol. The van der Waals surface area contributed by atoms with Crippen molar-refractivity contribution in [2.45, 2.75) is 45.8 Å². The summed E-state index contributed by atoms with van der Waals surface area (Å²) in [7, 11) is 0. The maximum absolute atomic E-state index is 10.6. The van der Waals surface area contributed by atoms with Crippen molar-refractivity contribution in [3.63, 3.8) is 0 Å². The van der Waals surface area contributed by atoms with Crippen molar-refractivity contribution in [3.8, 4) is 0 Å². The van der Waals surface area contributed by atoms with Crippen LogP contribution < -0.4 is 0 Å². The van der Waals surface area contributed by atoms with E-state index in [2.05, 4.69) is 5.16 Å². The average Bonchev–Trinajstić information content (AvgIpc) is 2.64. The minimum absolute atomic E-state index is 0.174. The van der Waals surface area contributed by atoms with E-state index in [-0.39, 0.29) is 18.7 Å². The van der Waals surface area contributed by atoms with Gasteiger partial charge in [-0.3, -0.25) is 4.79 Å². The normalized spacial score (nSPS) is 20.9. The summed E-state index contributed by atoms with van der Waals surface area (Å²) in [5.41, 5.74) is 0.613. The number of hydrogen-bond acceptors (Lipinski definition) is 5. The molecule has 5 heteroatoms. The molecule has 1 N–H and O–H groups in total. The molecular formula is C12H19NO4. The fourth-order valence-electron chi connectivity index (χ4n) is 1.40. The first-order valence-electron chi connectivity index (χ1n) is 5.56. The first kappa shape index (κ1) is 13.7. The molecule has 0 fully saturated rings. The Kier molecular flexibility index (Phi) is 4.28. The van der Waals surface area contributed by atoms with Gasteiger partial charge in [0.15, 0.2) is 6.10 Å². The summed E-state index contributed by atoms with van der Waals surface area (Å²) in [5.74, 6) is -0.310. The molecule has 0 bridgehead atoms. The third-order valence-corrected chi connectivity index (χ3v) is 2.57. The molecular weight excluding hydrogens is 222 g/mol. The van der Waals surface area contributed by atoms with Crippen molar-refractivity contribution in [1.82, 2.24) is 0 Å². The number of aliphatic hydroxyl groups is 1. The van der Waals surface area contributed by atoms with Gasteiger partial charge in [0.25, 0.3) is 0 Å². The first-order valence-corrected chi connectivity index (χ1v) is 5.56. The lowest BCUT2D eigenvalue weighted by Crippen LogP contribution is -2.31. The van der Waals surface area contributed by atoms with E-state index in [9.17, 15) is 9.90 Å². The Morgan fingerprint density at radius 1 is 1.65 bits per heavy atom. The minimum atomic E-state index is -0.953. The van der Waals surface area contributed by atoms with Crippen molar-refractivity contribution < 1.29 is 19.5 Å². The number of ether oxygens (including phenoxy) is 1. The average molecular weight is 241 g/mol. The van der Waals surface area contributed by atoms with Crippen LogP contribution in [0.25, 0.3) is 0 Å². The number of carbonyl (C=O) groups is 1. The number of esters is 1. The van der Waals surface area contributed by atoms with Gasteiger partial charge in [-0.05, 0) is 32.4 Å². The zero-order valence-corrected chi connectivity index (χ0v) is 10.7. The van der Waals surface area contributed by atoms with Crippen LogP contribution in [0.5, 0.6) is 0 Å². The molecule has 1 heterocycles. The summed E-state index contributed by atoms with van der Waals surface area (Å²) >= 11 is 0. The van der Waals surface area contributed by atoms with Crippen LogP contribution in [-0.4, -0.2) is 35.1 Å². The van der Waals surface area contributed by atoms with E-state index in [1.54, 1.807) is 19.9 Å². The van der Waals surface area contributed by atoms with Gasteiger partial charge in [0.1, 0.15) is 12.2 Å². The summed E-state index contributed by atoms with van der Waals surface area (Å²) < 4.78 is 4.81. The highest BCUT2D eigenvalue weighted by Crippen LogP contribution is 2.23. The molecule has 0 aromatic heterocycles. The summed E-state index contributed by atoms with van der Waals surface area (Å²) in [4.78, 5) is 15.8. The maximum Gasteiger partial charge on any atom is 0.302 e. The zero-order valence-electron chi connectivity index (χ0n) is 10.7. The largest absolute Gasteiger partial charge is 0.462 e. The molecule has 1 atom stereocenters. The highest BCUT2D eigenvalue weighted by Gasteiger charge is 2.31. The van der Waals surface area contributed by atoms with Crippen LogP contribution in [0, 0.1) is 0 Å². The molecule has 0 aromatic carbocycles. The maximum atomic E-state index is 10.6. The van der Waals surface area contributed by atoms with Crippen molar-refractivity contribution in [3.05, 3.63) is 11.6 Å². The second-order valence-electron chi connectivity index (χ2n) is 4.65. The molecule has 0 aliphatic carbocycles. The van der Waals surface area contributed by atoms with Gasteiger partial charge in [0.2, 0.25) is 0 Å². The third kappa shape index (κ3) is 4.19. The molecule has 1 unspecified atom stereocenters. The van der Waals surface area contributed by atoms with Gasteiger partial charge in [-0.25, -0.2) is 0 Å². The molecule has 0 radical (unpaired) electrons. The number of nitrogens with zero attached hydrogens (tertiary/aromatic N) is 1. The van der Waals surface area contributed by atoms with Gasteiger partial charge >= 0.3 is 5.97 Å². The lowest BCUT2D eigenvalue weighted by molar-refractivity contribution is -0.139. The molecule has 0 saturated carbocycles. The second kappa shape index (κ2) is 5.31. The Labute approximate surface area is 101 Å². The SMILES string of the molecule is CC(=O)OC/C=C(\C)C1CC(C(C)(C)O)=NO1. The van der Waals surface area contributed by atoms with E-state index in [0.29, 0.717) is 12.1 Å². The Bertz CT molecular complexity index is 352. The van der Waals surface area contributed by atoms with Crippen LogP contribution in [0.4, 0.5) is 0 Å². The van der Waals surface area contributed by atoms with Crippen molar-refractivity contribution in [2.24, 2.45) is 5.16 Å². The minimum Gasteiger partial charge on any atom is -0.462 e. The van der Waals surface area contributed by atoms with Gasteiger partial charge in [0, 0.05) is 13.3 Å². The lowest BCUT2D eigenvalue weighted by Gasteiger charge is -2.15. The highest BCUT2D eigenvalue weighted by molar-refractivity contribution is 5.92. The fraction of sp³-hybridized carbons (Fsp3) is 0.667. The number of carbonyl (C=O) groups excluding carboxylic acids is 1. The molecule has 0 spiro atoms. The molecule has 17 heavy (non-hydrogen) atoms. The standard InChI is InChI=1S/C12H19NO4/c1-8(5-6-16-9(2)14)10-7-11(13-17-10)12(3,4)15/h5,10,15H,6-7H2,1-4H3/b8-5+. The van der Waals surface area contributed by atoms with Crippen LogP contribution in [0.3, 0.4) is 0 Å².